The van der Waals surface area contributed by atoms with Gasteiger partial charge in [0.15, 0.2) is 0 Å². The van der Waals surface area contributed by atoms with Crippen LogP contribution in [0.1, 0.15) is 63.6 Å². The number of likely N-dealkylation sites (N-methyl/N-ethyl adjacent to an activating group) is 1. The normalized spacial score (nSPS) is 29.0. The number of nitrogens with zero attached hydrogens (tertiary/aromatic N) is 5. The molecule has 1 unspecified atom stereocenters. The maximum absolute atomic E-state index is 4.57. The van der Waals surface area contributed by atoms with E-state index in [0.29, 0.717) is 11.3 Å². The first-order valence-corrected chi connectivity index (χ1v) is 10.0. The number of hydrogen-bond donors (Lipinski definition) is 0. The Morgan fingerprint density at radius 2 is 1.96 bits per heavy atom. The third-order valence-electron chi connectivity index (χ3n) is 6.87. The van der Waals surface area contributed by atoms with Crippen molar-refractivity contribution in [2.75, 3.05) is 33.2 Å². The molecular weight excluding hydrogens is 298 g/mol. The summed E-state index contributed by atoms with van der Waals surface area (Å²) in [7, 11) is 2.28. The van der Waals surface area contributed by atoms with Gasteiger partial charge in [-0.25, -0.2) is 0 Å². The highest BCUT2D eigenvalue weighted by Gasteiger charge is 2.49. The van der Waals surface area contributed by atoms with E-state index in [9.17, 15) is 0 Å². The van der Waals surface area contributed by atoms with Crippen molar-refractivity contribution in [3.05, 3.63) is 12.2 Å². The largest absolute Gasteiger partial charge is 0.317 e. The quantitative estimate of drug-likeness (QED) is 0.850. The van der Waals surface area contributed by atoms with Crippen LogP contribution in [0.3, 0.4) is 0 Å². The molecule has 0 N–H and O–H groups in total. The van der Waals surface area contributed by atoms with Crippen LogP contribution in [0.2, 0.25) is 0 Å². The fourth-order valence-corrected chi connectivity index (χ4v) is 5.63. The van der Waals surface area contributed by atoms with Gasteiger partial charge in [-0.1, -0.05) is 19.8 Å². The average Bonchev–Trinajstić information content (AvgIpc) is 3.30. The number of hydrogen-bond acceptors (Lipinski definition) is 4. The number of rotatable bonds is 4. The summed E-state index contributed by atoms with van der Waals surface area (Å²) in [6, 6.07) is 0.878. The predicted octanol–water partition coefficient (Wildman–Crippen LogP) is 2.74. The Kier molecular flexibility index (Phi) is 4.65. The molecule has 1 saturated carbocycles. The van der Waals surface area contributed by atoms with Crippen LogP contribution in [0, 0.1) is 5.41 Å². The second kappa shape index (κ2) is 6.75. The zero-order valence-electron chi connectivity index (χ0n) is 15.5. The van der Waals surface area contributed by atoms with E-state index in [1.165, 1.54) is 64.0 Å². The van der Waals surface area contributed by atoms with Gasteiger partial charge >= 0.3 is 0 Å². The van der Waals surface area contributed by atoms with E-state index in [0.717, 1.165) is 25.6 Å². The number of likely N-dealkylation sites (tertiary alicyclic amines) is 2. The number of piperidine rings is 1. The first-order chi connectivity index (χ1) is 11.7. The molecule has 5 heteroatoms. The highest BCUT2D eigenvalue weighted by Crippen LogP contribution is 2.49. The van der Waals surface area contributed by atoms with Gasteiger partial charge in [0.2, 0.25) is 0 Å². The minimum absolute atomic E-state index is 0.419. The zero-order chi connectivity index (χ0) is 16.6. The molecule has 1 aliphatic carbocycles. The molecule has 2 aliphatic heterocycles. The lowest BCUT2D eigenvalue weighted by Crippen LogP contribution is -2.47. The fraction of sp³-hybridized carbons (Fsp3) is 0.895. The Labute approximate surface area is 146 Å². The molecule has 1 atom stereocenters. The van der Waals surface area contributed by atoms with Gasteiger partial charge in [-0.3, -0.25) is 0 Å². The summed E-state index contributed by atoms with van der Waals surface area (Å²) in [5.41, 5.74) is 0.419. The minimum Gasteiger partial charge on any atom is -0.317 e. The second-order valence-corrected chi connectivity index (χ2v) is 8.47. The lowest BCUT2D eigenvalue weighted by Gasteiger charge is -2.44. The van der Waals surface area contributed by atoms with Gasteiger partial charge in [-0.15, -0.1) is 10.2 Å². The molecule has 3 heterocycles. The van der Waals surface area contributed by atoms with Crippen LogP contribution in [0.15, 0.2) is 6.33 Å². The second-order valence-electron chi connectivity index (χ2n) is 8.47. The summed E-state index contributed by atoms with van der Waals surface area (Å²) < 4.78 is 2.31. The third kappa shape index (κ3) is 2.90. The van der Waals surface area contributed by atoms with Gasteiger partial charge in [0.25, 0.3) is 0 Å². The summed E-state index contributed by atoms with van der Waals surface area (Å²) in [5.74, 6) is 1.80. The maximum Gasteiger partial charge on any atom is 0.137 e. The summed E-state index contributed by atoms with van der Waals surface area (Å²) in [4.78, 5) is 5.32. The van der Waals surface area contributed by atoms with Gasteiger partial charge < -0.3 is 14.4 Å². The van der Waals surface area contributed by atoms with Crippen LogP contribution in [0.5, 0.6) is 0 Å². The predicted molar refractivity (Wildman–Crippen MR) is 96.0 cm³/mol. The molecular formula is C19H33N5. The number of aromatic nitrogens is 3. The molecule has 1 aromatic heterocycles. The standard InChI is InChI=1S/C19H33N5/c1-3-10-24-15-20-21-18(24)17-13-22(2)14-19(17)8-11-23(12-9-19)16-6-4-5-7-16/h15-17H,3-14H2,1-2H3. The first kappa shape index (κ1) is 16.5. The third-order valence-corrected chi connectivity index (χ3v) is 6.87. The molecule has 2 saturated heterocycles. The molecule has 3 aliphatic rings. The van der Waals surface area contributed by atoms with Gasteiger partial charge in [0.05, 0.1) is 0 Å². The topological polar surface area (TPSA) is 37.2 Å². The van der Waals surface area contributed by atoms with Gasteiger partial charge in [0, 0.05) is 31.6 Å². The van der Waals surface area contributed by atoms with Crippen molar-refractivity contribution in [3.8, 4) is 0 Å². The molecule has 4 rings (SSSR count). The summed E-state index contributed by atoms with van der Waals surface area (Å²) in [6.45, 7) is 8.24. The lowest BCUT2D eigenvalue weighted by atomic mass is 9.70. The van der Waals surface area contributed by atoms with E-state index in [-0.39, 0.29) is 0 Å². The lowest BCUT2D eigenvalue weighted by molar-refractivity contribution is 0.0684. The van der Waals surface area contributed by atoms with Crippen LogP contribution in [-0.4, -0.2) is 63.8 Å². The molecule has 24 heavy (non-hydrogen) atoms. The van der Waals surface area contributed by atoms with Crippen molar-refractivity contribution in [1.82, 2.24) is 24.6 Å². The smallest absolute Gasteiger partial charge is 0.137 e. The Balaban J connectivity index is 1.51. The van der Waals surface area contributed by atoms with E-state index < -0.39 is 0 Å². The van der Waals surface area contributed by atoms with Crippen molar-refractivity contribution in [2.45, 2.75) is 70.4 Å². The molecule has 0 amide bonds. The SMILES string of the molecule is CCCn1cnnc1C1CN(C)CC12CCN(C1CCCC1)CC2. The highest BCUT2D eigenvalue weighted by atomic mass is 15.3. The van der Waals surface area contributed by atoms with E-state index in [1.54, 1.807) is 0 Å². The molecule has 0 bridgehead atoms. The maximum atomic E-state index is 4.57. The van der Waals surface area contributed by atoms with Gasteiger partial charge in [-0.2, -0.15) is 0 Å². The van der Waals surface area contributed by atoms with Crippen molar-refractivity contribution >= 4 is 0 Å². The molecule has 134 valence electrons. The van der Waals surface area contributed by atoms with E-state index >= 15 is 0 Å². The number of aryl methyl sites for hydroxylation is 1. The van der Waals surface area contributed by atoms with E-state index in [1.807, 2.05) is 6.33 Å². The molecule has 0 radical (unpaired) electrons. The Morgan fingerprint density at radius 1 is 1.21 bits per heavy atom. The monoisotopic (exact) mass is 331 g/mol. The fourth-order valence-electron chi connectivity index (χ4n) is 5.63. The summed E-state index contributed by atoms with van der Waals surface area (Å²) in [5, 5.41) is 8.82. The van der Waals surface area contributed by atoms with Gasteiger partial charge in [-0.05, 0) is 57.7 Å². The average molecular weight is 332 g/mol. The summed E-state index contributed by atoms with van der Waals surface area (Å²) in [6.07, 6.45) is 11.5. The molecule has 5 nitrogen and oxygen atoms in total. The molecule has 3 fully saturated rings. The highest BCUT2D eigenvalue weighted by molar-refractivity contribution is 5.13. The molecule has 1 spiro atoms. The zero-order valence-corrected chi connectivity index (χ0v) is 15.5. The van der Waals surface area contributed by atoms with Crippen molar-refractivity contribution in [2.24, 2.45) is 5.41 Å². The molecule has 0 aromatic carbocycles. The van der Waals surface area contributed by atoms with Crippen LogP contribution in [0.25, 0.3) is 0 Å². The van der Waals surface area contributed by atoms with Crippen LogP contribution >= 0.6 is 0 Å². The molecule has 1 aromatic rings. The van der Waals surface area contributed by atoms with Crippen molar-refractivity contribution < 1.29 is 0 Å². The minimum atomic E-state index is 0.419. The Morgan fingerprint density at radius 3 is 2.67 bits per heavy atom. The van der Waals surface area contributed by atoms with Crippen LogP contribution < -0.4 is 0 Å². The van der Waals surface area contributed by atoms with Crippen LogP contribution in [-0.2, 0) is 6.54 Å². The summed E-state index contributed by atoms with van der Waals surface area (Å²) >= 11 is 0. The van der Waals surface area contributed by atoms with Gasteiger partial charge in [0.1, 0.15) is 12.2 Å². The van der Waals surface area contributed by atoms with E-state index in [4.69, 9.17) is 0 Å². The Hall–Kier alpha value is -0.940. The van der Waals surface area contributed by atoms with Crippen molar-refractivity contribution in [3.63, 3.8) is 0 Å². The van der Waals surface area contributed by atoms with Crippen LogP contribution in [0.4, 0.5) is 0 Å². The first-order valence-electron chi connectivity index (χ1n) is 10.0. The van der Waals surface area contributed by atoms with Crippen molar-refractivity contribution in [1.29, 1.82) is 0 Å². The Bertz CT molecular complexity index is 540. The van der Waals surface area contributed by atoms with E-state index in [2.05, 4.69) is 38.5 Å².